The van der Waals surface area contributed by atoms with Gasteiger partial charge in [0.15, 0.2) is 0 Å². The highest BCUT2D eigenvalue weighted by molar-refractivity contribution is 7.92. The van der Waals surface area contributed by atoms with Crippen molar-refractivity contribution in [3.8, 4) is 0 Å². The predicted octanol–water partition coefficient (Wildman–Crippen LogP) is 0.532. The summed E-state index contributed by atoms with van der Waals surface area (Å²) in [5, 5.41) is 3.58. The number of amides is 3. The lowest BCUT2D eigenvalue weighted by Gasteiger charge is -2.40. The normalized spacial score (nSPS) is 20.1. The van der Waals surface area contributed by atoms with E-state index >= 15 is 0 Å². The molecule has 0 unspecified atom stereocenters. The Labute approximate surface area is 134 Å². The van der Waals surface area contributed by atoms with Crippen molar-refractivity contribution in [2.24, 2.45) is 0 Å². The molecule has 1 N–H and O–H groups in total. The molecule has 2 aliphatic rings. The Bertz CT molecular complexity index is 748. The van der Waals surface area contributed by atoms with Crippen LogP contribution in [0.2, 0.25) is 0 Å². The minimum atomic E-state index is -3.55. The lowest BCUT2D eigenvalue weighted by atomic mass is 10.1. The van der Waals surface area contributed by atoms with Crippen molar-refractivity contribution in [1.82, 2.24) is 14.5 Å². The van der Waals surface area contributed by atoms with Gasteiger partial charge in [-0.3, -0.25) is 9.69 Å². The van der Waals surface area contributed by atoms with Crippen molar-refractivity contribution in [2.45, 2.75) is 13.0 Å². The van der Waals surface area contributed by atoms with E-state index in [0.717, 1.165) is 21.4 Å². The monoisotopic (exact) mass is 335 g/mol. The summed E-state index contributed by atoms with van der Waals surface area (Å²) in [5.41, 5.74) is 1.90. The van der Waals surface area contributed by atoms with Gasteiger partial charge in [0.1, 0.15) is 0 Å². The van der Waals surface area contributed by atoms with E-state index in [1.807, 2.05) is 31.2 Å². The van der Waals surface area contributed by atoms with Gasteiger partial charge < -0.3 is 5.32 Å². The molecule has 0 saturated carbocycles. The van der Waals surface area contributed by atoms with Gasteiger partial charge in [0.25, 0.3) is 0 Å². The van der Waals surface area contributed by atoms with Crippen molar-refractivity contribution in [3.05, 3.63) is 40.8 Å². The molecule has 1 aromatic carbocycles. The van der Waals surface area contributed by atoms with Gasteiger partial charge >= 0.3 is 6.03 Å². The topological polar surface area (TPSA) is 86.8 Å². The molecule has 2 fully saturated rings. The van der Waals surface area contributed by atoms with E-state index in [9.17, 15) is 18.0 Å². The molecule has 0 bridgehead atoms. The summed E-state index contributed by atoms with van der Waals surface area (Å²) >= 11 is 0. The number of carbonyl (C=O) groups excluding carboxylic acids is 2. The zero-order valence-electron chi connectivity index (χ0n) is 12.6. The van der Waals surface area contributed by atoms with E-state index in [2.05, 4.69) is 5.32 Å². The molecule has 1 aromatic rings. The molecule has 0 aromatic heterocycles. The summed E-state index contributed by atoms with van der Waals surface area (Å²) in [5.74, 6) is -0.313. The average Bonchev–Trinajstić information content (AvgIpc) is 2.77. The molecular weight excluding hydrogens is 318 g/mol. The van der Waals surface area contributed by atoms with E-state index < -0.39 is 16.1 Å². The first kappa shape index (κ1) is 15.7. The first-order valence-electron chi connectivity index (χ1n) is 7.21. The first-order chi connectivity index (χ1) is 10.9. The largest absolute Gasteiger partial charge is 0.329 e. The van der Waals surface area contributed by atoms with Crippen LogP contribution in [0.15, 0.2) is 29.7 Å². The molecule has 0 radical (unpaired) electrons. The third kappa shape index (κ3) is 3.13. The molecule has 3 amide bonds. The van der Waals surface area contributed by atoms with Crippen LogP contribution in [0.3, 0.4) is 0 Å². The van der Waals surface area contributed by atoms with Crippen LogP contribution >= 0.6 is 0 Å². The highest BCUT2D eigenvalue weighted by Crippen LogP contribution is 2.22. The lowest BCUT2D eigenvalue weighted by molar-refractivity contribution is -0.128. The van der Waals surface area contributed by atoms with Crippen LogP contribution in [-0.4, -0.2) is 55.2 Å². The summed E-state index contributed by atoms with van der Waals surface area (Å²) < 4.78 is 25.7. The average molecular weight is 335 g/mol. The van der Waals surface area contributed by atoms with Crippen LogP contribution in [0.5, 0.6) is 0 Å². The van der Waals surface area contributed by atoms with Crippen molar-refractivity contribution in [2.75, 3.05) is 19.6 Å². The molecule has 8 heteroatoms. The van der Waals surface area contributed by atoms with Crippen LogP contribution in [-0.2, 0) is 14.8 Å². The zero-order chi connectivity index (χ0) is 16.6. The molecule has 2 heterocycles. The van der Waals surface area contributed by atoms with E-state index in [-0.39, 0.29) is 31.6 Å². The number of imide groups is 1. The van der Waals surface area contributed by atoms with Crippen LogP contribution in [0.1, 0.15) is 11.1 Å². The molecule has 3 rings (SSSR count). The second-order valence-corrected chi connectivity index (χ2v) is 7.47. The fourth-order valence-corrected chi connectivity index (χ4v) is 3.78. The molecule has 0 atom stereocenters. The molecule has 2 aliphatic heterocycles. The fraction of sp³-hybridized carbons (Fsp3) is 0.333. The van der Waals surface area contributed by atoms with E-state index in [0.29, 0.717) is 0 Å². The standard InChI is InChI=1S/C15H17N3O4S/c1-11-2-4-12(5-3-11)6-7-23(21,22)17-9-13(10-17)18-14(19)8-16-15(18)20/h2-7,13H,8-10H2,1H3,(H,16,20)/b7-6+. The number of urea groups is 1. The number of sulfonamides is 1. The number of benzene rings is 1. The van der Waals surface area contributed by atoms with Crippen molar-refractivity contribution >= 4 is 28.0 Å². The van der Waals surface area contributed by atoms with Gasteiger partial charge in [0.2, 0.25) is 15.9 Å². The Kier molecular flexibility index (Phi) is 3.95. The molecule has 23 heavy (non-hydrogen) atoms. The fourth-order valence-electron chi connectivity index (χ4n) is 2.52. The second kappa shape index (κ2) is 5.78. The minimum absolute atomic E-state index is 0.0184. The second-order valence-electron chi connectivity index (χ2n) is 5.65. The lowest BCUT2D eigenvalue weighted by Crippen LogP contribution is -2.62. The zero-order valence-corrected chi connectivity index (χ0v) is 13.4. The van der Waals surface area contributed by atoms with Gasteiger partial charge in [-0.15, -0.1) is 0 Å². The van der Waals surface area contributed by atoms with E-state index in [1.165, 1.54) is 10.4 Å². The summed E-state index contributed by atoms with van der Waals surface area (Å²) in [6, 6.07) is 6.66. The Morgan fingerprint density at radius 2 is 1.83 bits per heavy atom. The van der Waals surface area contributed by atoms with Crippen LogP contribution in [0.25, 0.3) is 6.08 Å². The quantitative estimate of drug-likeness (QED) is 0.813. The summed E-state index contributed by atoms with van der Waals surface area (Å²) in [7, 11) is -3.55. The van der Waals surface area contributed by atoms with E-state index in [1.54, 1.807) is 0 Å². The van der Waals surface area contributed by atoms with Crippen LogP contribution in [0, 0.1) is 6.92 Å². The molecule has 2 saturated heterocycles. The number of hydrogen-bond donors (Lipinski definition) is 1. The molecule has 0 aliphatic carbocycles. The molecular formula is C15H17N3O4S. The maximum atomic E-state index is 12.2. The maximum absolute atomic E-state index is 12.2. The summed E-state index contributed by atoms with van der Waals surface area (Å²) in [6.45, 7) is 2.22. The Morgan fingerprint density at radius 1 is 1.17 bits per heavy atom. The van der Waals surface area contributed by atoms with Gasteiger partial charge in [-0.1, -0.05) is 29.8 Å². The number of carbonyl (C=O) groups is 2. The minimum Gasteiger partial charge on any atom is -0.329 e. The first-order valence-corrected chi connectivity index (χ1v) is 8.72. The molecule has 0 spiro atoms. The number of aryl methyl sites for hydroxylation is 1. The maximum Gasteiger partial charge on any atom is 0.324 e. The summed E-state index contributed by atoms with van der Waals surface area (Å²) in [6.07, 6.45) is 1.54. The number of rotatable bonds is 4. The van der Waals surface area contributed by atoms with E-state index in [4.69, 9.17) is 0 Å². The van der Waals surface area contributed by atoms with Gasteiger partial charge in [0.05, 0.1) is 12.6 Å². The number of nitrogens with one attached hydrogen (secondary N) is 1. The Morgan fingerprint density at radius 3 is 2.39 bits per heavy atom. The SMILES string of the molecule is Cc1ccc(/C=C/S(=O)(=O)N2CC(N3C(=O)CNC3=O)C2)cc1. The van der Waals surface area contributed by atoms with Gasteiger partial charge in [-0.25, -0.2) is 13.2 Å². The van der Waals surface area contributed by atoms with Crippen molar-refractivity contribution in [3.63, 3.8) is 0 Å². The smallest absolute Gasteiger partial charge is 0.324 e. The highest BCUT2D eigenvalue weighted by Gasteiger charge is 2.44. The van der Waals surface area contributed by atoms with Crippen LogP contribution < -0.4 is 5.32 Å². The number of nitrogens with zero attached hydrogens (tertiary/aromatic N) is 2. The Balaban J connectivity index is 1.63. The molecule has 7 nitrogen and oxygen atoms in total. The molecule has 122 valence electrons. The highest BCUT2D eigenvalue weighted by atomic mass is 32.2. The van der Waals surface area contributed by atoms with Crippen molar-refractivity contribution in [1.29, 1.82) is 0 Å². The Hall–Kier alpha value is -2.19. The third-order valence-corrected chi connectivity index (χ3v) is 5.44. The van der Waals surface area contributed by atoms with Gasteiger partial charge in [-0.2, -0.15) is 4.31 Å². The number of hydrogen-bond acceptors (Lipinski definition) is 4. The van der Waals surface area contributed by atoms with Gasteiger partial charge in [-0.05, 0) is 18.6 Å². The van der Waals surface area contributed by atoms with Crippen molar-refractivity contribution < 1.29 is 18.0 Å². The van der Waals surface area contributed by atoms with Gasteiger partial charge in [0, 0.05) is 18.5 Å². The predicted molar refractivity (Wildman–Crippen MR) is 84.7 cm³/mol. The summed E-state index contributed by atoms with van der Waals surface area (Å²) in [4.78, 5) is 24.2. The third-order valence-electron chi connectivity index (χ3n) is 3.94. The van der Waals surface area contributed by atoms with Crippen LogP contribution in [0.4, 0.5) is 4.79 Å².